The minimum absolute atomic E-state index is 0.189. The molecule has 0 unspecified atom stereocenters. The van der Waals surface area contributed by atoms with Gasteiger partial charge in [-0.3, -0.25) is 4.79 Å². The minimum Gasteiger partial charge on any atom is -0.493 e. The third kappa shape index (κ3) is 3.23. The van der Waals surface area contributed by atoms with Gasteiger partial charge in [-0.25, -0.2) is 0 Å². The molecule has 4 rings (SSSR count). The zero-order chi connectivity index (χ0) is 17.9. The Morgan fingerprint density at radius 1 is 1.19 bits per heavy atom. The van der Waals surface area contributed by atoms with Crippen LogP contribution in [0, 0.1) is 0 Å². The molecular weight excluding hydrogens is 350 g/mol. The fourth-order valence-electron chi connectivity index (χ4n) is 2.85. The van der Waals surface area contributed by atoms with Gasteiger partial charge in [-0.15, -0.1) is 0 Å². The molecule has 0 saturated carbocycles. The number of hydrogen-bond donors (Lipinski definition) is 0. The largest absolute Gasteiger partial charge is 0.493 e. The smallest absolute Gasteiger partial charge is 0.290 e. The number of carbonyl (C=O) groups excluding carboxylic acids is 1. The molecule has 0 N–H and O–H groups in total. The van der Waals surface area contributed by atoms with Crippen molar-refractivity contribution in [2.45, 2.75) is 13.1 Å². The van der Waals surface area contributed by atoms with E-state index in [1.807, 2.05) is 47.2 Å². The molecule has 0 bridgehead atoms. The summed E-state index contributed by atoms with van der Waals surface area (Å²) >= 11 is 1.60. The highest BCUT2D eigenvalue weighted by Gasteiger charge is 2.22. The SMILES string of the molecule is COc1cccc2cc(C(=O)N(Cc3ccsc3)Cc3ccco3)oc12. The van der Waals surface area contributed by atoms with Crippen LogP contribution < -0.4 is 4.74 Å². The number of nitrogens with zero attached hydrogens (tertiary/aromatic N) is 1. The average molecular weight is 367 g/mol. The van der Waals surface area contributed by atoms with Crippen LogP contribution in [0.1, 0.15) is 21.9 Å². The van der Waals surface area contributed by atoms with E-state index in [9.17, 15) is 4.79 Å². The number of fused-ring (bicyclic) bond motifs is 1. The molecule has 0 fully saturated rings. The van der Waals surface area contributed by atoms with E-state index in [4.69, 9.17) is 13.6 Å². The summed E-state index contributed by atoms with van der Waals surface area (Å²) in [6.07, 6.45) is 1.61. The summed E-state index contributed by atoms with van der Waals surface area (Å²) in [6, 6.07) is 13.0. The summed E-state index contributed by atoms with van der Waals surface area (Å²) in [6.45, 7) is 0.854. The molecule has 0 aliphatic carbocycles. The predicted octanol–water partition coefficient (Wildman–Crippen LogP) is 4.94. The second-order valence-electron chi connectivity index (χ2n) is 5.86. The summed E-state index contributed by atoms with van der Waals surface area (Å²) in [7, 11) is 1.58. The second-order valence-corrected chi connectivity index (χ2v) is 6.64. The third-order valence-corrected chi connectivity index (χ3v) is 4.84. The molecule has 0 radical (unpaired) electrons. The molecule has 1 amide bonds. The molecule has 0 aliphatic rings. The van der Waals surface area contributed by atoms with E-state index in [-0.39, 0.29) is 11.7 Å². The molecule has 6 heteroatoms. The van der Waals surface area contributed by atoms with Crippen molar-refractivity contribution in [1.29, 1.82) is 0 Å². The highest BCUT2D eigenvalue weighted by atomic mass is 32.1. The van der Waals surface area contributed by atoms with Gasteiger partial charge in [-0.05, 0) is 46.7 Å². The first-order chi connectivity index (χ1) is 12.7. The minimum atomic E-state index is -0.189. The standard InChI is InChI=1S/C20H17NO4S/c1-23-17-6-2-4-15-10-18(25-19(15)17)20(22)21(11-14-7-9-26-13-14)12-16-5-3-8-24-16/h2-10,13H,11-12H2,1H3. The molecule has 26 heavy (non-hydrogen) atoms. The van der Waals surface area contributed by atoms with Gasteiger partial charge in [0, 0.05) is 11.9 Å². The lowest BCUT2D eigenvalue weighted by Gasteiger charge is -2.20. The molecule has 0 atom stereocenters. The van der Waals surface area contributed by atoms with Crippen molar-refractivity contribution in [1.82, 2.24) is 4.90 Å². The monoisotopic (exact) mass is 367 g/mol. The van der Waals surface area contributed by atoms with Crippen molar-refractivity contribution < 1.29 is 18.4 Å². The van der Waals surface area contributed by atoms with Crippen LogP contribution in [0.2, 0.25) is 0 Å². The van der Waals surface area contributed by atoms with Gasteiger partial charge in [0.25, 0.3) is 5.91 Å². The van der Waals surface area contributed by atoms with Crippen LogP contribution in [0.15, 0.2) is 68.3 Å². The van der Waals surface area contributed by atoms with Gasteiger partial charge in [0.2, 0.25) is 0 Å². The lowest BCUT2D eigenvalue weighted by Crippen LogP contribution is -2.29. The Hall–Kier alpha value is -2.99. The van der Waals surface area contributed by atoms with E-state index in [1.165, 1.54) is 0 Å². The molecule has 0 spiro atoms. The quantitative estimate of drug-likeness (QED) is 0.484. The Kier molecular flexibility index (Phi) is 4.50. The lowest BCUT2D eigenvalue weighted by atomic mass is 10.2. The van der Waals surface area contributed by atoms with Crippen molar-refractivity contribution in [3.8, 4) is 5.75 Å². The summed E-state index contributed by atoms with van der Waals surface area (Å²) in [5.41, 5.74) is 1.65. The number of para-hydroxylation sites is 1. The second kappa shape index (κ2) is 7.09. The number of rotatable bonds is 6. The van der Waals surface area contributed by atoms with Gasteiger partial charge in [-0.2, -0.15) is 11.3 Å². The van der Waals surface area contributed by atoms with Crippen molar-refractivity contribution in [3.63, 3.8) is 0 Å². The number of carbonyl (C=O) groups is 1. The molecule has 5 nitrogen and oxygen atoms in total. The number of ether oxygens (including phenoxy) is 1. The van der Waals surface area contributed by atoms with Crippen LogP contribution in [-0.4, -0.2) is 17.9 Å². The fourth-order valence-corrected chi connectivity index (χ4v) is 3.51. The van der Waals surface area contributed by atoms with Crippen LogP contribution in [0.3, 0.4) is 0 Å². The van der Waals surface area contributed by atoms with Gasteiger partial charge in [0.1, 0.15) is 5.76 Å². The molecule has 3 heterocycles. The van der Waals surface area contributed by atoms with E-state index in [0.29, 0.717) is 24.4 Å². The third-order valence-electron chi connectivity index (χ3n) is 4.11. The van der Waals surface area contributed by atoms with E-state index in [1.54, 1.807) is 35.7 Å². The maximum Gasteiger partial charge on any atom is 0.290 e. The predicted molar refractivity (Wildman–Crippen MR) is 99.4 cm³/mol. The van der Waals surface area contributed by atoms with Gasteiger partial charge in [0.05, 0.1) is 19.9 Å². The van der Waals surface area contributed by atoms with Crippen LogP contribution in [0.4, 0.5) is 0 Å². The van der Waals surface area contributed by atoms with Gasteiger partial charge < -0.3 is 18.5 Å². The molecule has 1 aromatic carbocycles. The number of amides is 1. The topological polar surface area (TPSA) is 55.8 Å². The summed E-state index contributed by atoms with van der Waals surface area (Å²) < 4.78 is 16.6. The van der Waals surface area contributed by atoms with Crippen LogP contribution in [-0.2, 0) is 13.1 Å². The zero-order valence-corrected chi connectivity index (χ0v) is 15.0. The van der Waals surface area contributed by atoms with Crippen molar-refractivity contribution in [2.24, 2.45) is 0 Å². The number of thiophene rings is 1. The molecule has 0 aliphatic heterocycles. The first kappa shape index (κ1) is 16.5. The Morgan fingerprint density at radius 2 is 2.12 bits per heavy atom. The Bertz CT molecular complexity index is 966. The summed E-state index contributed by atoms with van der Waals surface area (Å²) in [5.74, 6) is 1.43. The fraction of sp³-hybridized carbons (Fsp3) is 0.150. The lowest BCUT2D eigenvalue weighted by molar-refractivity contribution is 0.0688. The number of benzene rings is 1. The van der Waals surface area contributed by atoms with Crippen molar-refractivity contribution >= 4 is 28.2 Å². The van der Waals surface area contributed by atoms with Crippen molar-refractivity contribution in [2.75, 3.05) is 7.11 Å². The zero-order valence-electron chi connectivity index (χ0n) is 14.2. The van der Waals surface area contributed by atoms with Gasteiger partial charge >= 0.3 is 0 Å². The maximum atomic E-state index is 13.1. The number of methoxy groups -OCH3 is 1. The van der Waals surface area contributed by atoms with Gasteiger partial charge in [-0.1, -0.05) is 12.1 Å². The molecule has 132 valence electrons. The molecule has 4 aromatic rings. The van der Waals surface area contributed by atoms with E-state index < -0.39 is 0 Å². The Labute approximate surface area is 154 Å². The highest BCUT2D eigenvalue weighted by Crippen LogP contribution is 2.29. The Balaban J connectivity index is 1.67. The Morgan fingerprint density at radius 3 is 2.85 bits per heavy atom. The van der Waals surface area contributed by atoms with E-state index >= 15 is 0 Å². The number of hydrogen-bond acceptors (Lipinski definition) is 5. The van der Waals surface area contributed by atoms with Crippen molar-refractivity contribution in [3.05, 3.63) is 76.6 Å². The summed E-state index contributed by atoms with van der Waals surface area (Å²) in [4.78, 5) is 14.8. The van der Waals surface area contributed by atoms with Crippen LogP contribution >= 0.6 is 11.3 Å². The highest BCUT2D eigenvalue weighted by molar-refractivity contribution is 7.07. The van der Waals surface area contributed by atoms with Crippen LogP contribution in [0.25, 0.3) is 11.0 Å². The first-order valence-electron chi connectivity index (χ1n) is 8.14. The van der Waals surface area contributed by atoms with E-state index in [0.717, 1.165) is 16.7 Å². The van der Waals surface area contributed by atoms with Crippen LogP contribution in [0.5, 0.6) is 5.75 Å². The molecular formula is C20H17NO4S. The molecule has 3 aromatic heterocycles. The van der Waals surface area contributed by atoms with Gasteiger partial charge in [0.15, 0.2) is 17.1 Å². The summed E-state index contributed by atoms with van der Waals surface area (Å²) in [5, 5.41) is 4.86. The number of furan rings is 2. The first-order valence-corrected chi connectivity index (χ1v) is 9.08. The molecule has 0 saturated heterocycles. The van der Waals surface area contributed by atoms with E-state index in [2.05, 4.69) is 0 Å². The maximum absolute atomic E-state index is 13.1. The normalized spacial score (nSPS) is 11.0. The average Bonchev–Trinajstić information content (AvgIpc) is 3.41.